The first-order valence-electron chi connectivity index (χ1n) is 4.43. The van der Waals surface area contributed by atoms with Gasteiger partial charge >= 0.3 is 0 Å². The minimum absolute atomic E-state index is 0.213. The van der Waals surface area contributed by atoms with Crippen molar-refractivity contribution in [2.45, 2.75) is 25.9 Å². The maximum absolute atomic E-state index is 8.46. The number of aromatic nitrogens is 1. The molecule has 74 valence electrons. The van der Waals surface area contributed by atoms with E-state index in [2.05, 4.69) is 32.3 Å². The standard InChI is InChI=1S/C10H12BrN3/c1-8(4-5-12)13-7-10-3-2-9(11)6-14-10/h2-3,6,8,13H,4,7H2,1H3. The van der Waals surface area contributed by atoms with Crippen LogP contribution in [-0.4, -0.2) is 11.0 Å². The lowest BCUT2D eigenvalue weighted by molar-refractivity contribution is 0.551. The molecule has 0 aliphatic carbocycles. The molecule has 0 fully saturated rings. The normalized spacial score (nSPS) is 12.1. The predicted octanol–water partition coefficient (Wildman–Crippen LogP) is 2.24. The molecular formula is C10H12BrN3. The zero-order valence-electron chi connectivity index (χ0n) is 8.00. The number of nitriles is 1. The van der Waals surface area contributed by atoms with Crippen LogP contribution in [-0.2, 0) is 6.54 Å². The SMILES string of the molecule is CC(CC#N)NCc1ccc(Br)cn1. The Kier molecular flexibility index (Phi) is 4.57. The van der Waals surface area contributed by atoms with Crippen LogP contribution in [0.4, 0.5) is 0 Å². The Morgan fingerprint density at radius 1 is 1.64 bits per heavy atom. The summed E-state index contributed by atoms with van der Waals surface area (Å²) in [7, 11) is 0. The van der Waals surface area contributed by atoms with Crippen LogP contribution in [0.1, 0.15) is 19.0 Å². The molecule has 0 aliphatic heterocycles. The summed E-state index contributed by atoms with van der Waals surface area (Å²) in [6, 6.07) is 6.25. The Morgan fingerprint density at radius 3 is 3.00 bits per heavy atom. The number of nitrogens with zero attached hydrogens (tertiary/aromatic N) is 2. The highest BCUT2D eigenvalue weighted by atomic mass is 79.9. The van der Waals surface area contributed by atoms with Crippen LogP contribution in [0, 0.1) is 11.3 Å². The maximum Gasteiger partial charge on any atom is 0.0638 e. The van der Waals surface area contributed by atoms with Crippen LogP contribution < -0.4 is 5.32 Å². The minimum atomic E-state index is 0.213. The number of nitrogens with one attached hydrogen (secondary N) is 1. The van der Waals surface area contributed by atoms with E-state index in [4.69, 9.17) is 5.26 Å². The molecule has 0 aliphatic rings. The van der Waals surface area contributed by atoms with Gasteiger partial charge in [-0.05, 0) is 35.0 Å². The lowest BCUT2D eigenvalue weighted by Gasteiger charge is -2.09. The van der Waals surface area contributed by atoms with E-state index in [1.54, 1.807) is 6.20 Å². The van der Waals surface area contributed by atoms with Crippen LogP contribution in [0.3, 0.4) is 0 Å². The van der Waals surface area contributed by atoms with E-state index in [1.165, 1.54) is 0 Å². The highest BCUT2D eigenvalue weighted by Gasteiger charge is 2.00. The first kappa shape index (κ1) is 11.2. The lowest BCUT2D eigenvalue weighted by atomic mass is 10.2. The van der Waals surface area contributed by atoms with Gasteiger partial charge in [0.1, 0.15) is 0 Å². The predicted molar refractivity (Wildman–Crippen MR) is 58.5 cm³/mol. The summed E-state index contributed by atoms with van der Waals surface area (Å²) in [6.07, 6.45) is 2.29. The molecule has 1 rings (SSSR count). The lowest BCUT2D eigenvalue weighted by Crippen LogP contribution is -2.25. The molecule has 0 saturated heterocycles. The molecule has 0 saturated carbocycles. The fourth-order valence-corrected chi connectivity index (χ4v) is 1.23. The van der Waals surface area contributed by atoms with E-state index in [0.29, 0.717) is 13.0 Å². The van der Waals surface area contributed by atoms with Gasteiger partial charge in [0.2, 0.25) is 0 Å². The van der Waals surface area contributed by atoms with Gasteiger partial charge in [0, 0.05) is 23.3 Å². The fraction of sp³-hybridized carbons (Fsp3) is 0.400. The summed E-state index contributed by atoms with van der Waals surface area (Å²) in [4.78, 5) is 4.22. The van der Waals surface area contributed by atoms with Gasteiger partial charge in [-0.15, -0.1) is 0 Å². The number of pyridine rings is 1. The second kappa shape index (κ2) is 5.74. The Morgan fingerprint density at radius 2 is 2.43 bits per heavy atom. The van der Waals surface area contributed by atoms with Crippen molar-refractivity contribution in [2.75, 3.05) is 0 Å². The molecule has 1 aromatic heterocycles. The van der Waals surface area contributed by atoms with E-state index in [0.717, 1.165) is 10.2 Å². The molecule has 1 N–H and O–H groups in total. The third kappa shape index (κ3) is 3.86. The van der Waals surface area contributed by atoms with E-state index in [-0.39, 0.29) is 6.04 Å². The van der Waals surface area contributed by atoms with Crippen molar-refractivity contribution in [2.24, 2.45) is 0 Å². The summed E-state index contributed by atoms with van der Waals surface area (Å²) < 4.78 is 0.978. The summed E-state index contributed by atoms with van der Waals surface area (Å²) in [5.74, 6) is 0. The molecular weight excluding hydrogens is 242 g/mol. The molecule has 0 bridgehead atoms. The Balaban J connectivity index is 2.39. The molecule has 0 aromatic carbocycles. The van der Waals surface area contributed by atoms with Crippen molar-refractivity contribution in [1.29, 1.82) is 5.26 Å². The number of hydrogen-bond donors (Lipinski definition) is 1. The zero-order valence-corrected chi connectivity index (χ0v) is 9.58. The van der Waals surface area contributed by atoms with Crippen molar-refractivity contribution >= 4 is 15.9 Å². The molecule has 14 heavy (non-hydrogen) atoms. The molecule has 0 radical (unpaired) electrons. The van der Waals surface area contributed by atoms with Gasteiger partial charge in [-0.3, -0.25) is 4.98 Å². The Labute approximate surface area is 92.3 Å². The van der Waals surface area contributed by atoms with E-state index >= 15 is 0 Å². The smallest absolute Gasteiger partial charge is 0.0638 e. The average Bonchev–Trinajstić information content (AvgIpc) is 2.17. The molecule has 1 unspecified atom stereocenters. The zero-order chi connectivity index (χ0) is 10.4. The summed E-state index contributed by atoms with van der Waals surface area (Å²) >= 11 is 3.32. The average molecular weight is 254 g/mol. The number of hydrogen-bond acceptors (Lipinski definition) is 3. The monoisotopic (exact) mass is 253 g/mol. The van der Waals surface area contributed by atoms with Crippen molar-refractivity contribution in [1.82, 2.24) is 10.3 Å². The first-order chi connectivity index (χ1) is 6.72. The summed E-state index contributed by atoms with van der Waals surface area (Å²) in [6.45, 7) is 2.69. The minimum Gasteiger partial charge on any atom is -0.308 e. The highest BCUT2D eigenvalue weighted by Crippen LogP contribution is 2.07. The summed E-state index contributed by atoms with van der Waals surface area (Å²) in [5, 5.41) is 11.7. The van der Waals surface area contributed by atoms with Gasteiger partial charge < -0.3 is 5.32 Å². The van der Waals surface area contributed by atoms with Crippen LogP contribution in [0.5, 0.6) is 0 Å². The van der Waals surface area contributed by atoms with Crippen molar-refractivity contribution in [3.63, 3.8) is 0 Å². The van der Waals surface area contributed by atoms with Gasteiger partial charge in [0.05, 0.1) is 18.2 Å². The second-order valence-corrected chi connectivity index (χ2v) is 4.03. The largest absolute Gasteiger partial charge is 0.308 e. The molecule has 3 nitrogen and oxygen atoms in total. The Bertz CT molecular complexity index is 315. The Hall–Kier alpha value is -0.920. The van der Waals surface area contributed by atoms with Crippen LogP contribution in [0.15, 0.2) is 22.8 Å². The van der Waals surface area contributed by atoms with Gasteiger partial charge in [0.25, 0.3) is 0 Å². The second-order valence-electron chi connectivity index (χ2n) is 3.11. The topological polar surface area (TPSA) is 48.7 Å². The summed E-state index contributed by atoms with van der Waals surface area (Å²) in [5.41, 5.74) is 0.984. The van der Waals surface area contributed by atoms with Gasteiger partial charge in [0.15, 0.2) is 0 Å². The van der Waals surface area contributed by atoms with E-state index < -0.39 is 0 Å². The van der Waals surface area contributed by atoms with E-state index in [9.17, 15) is 0 Å². The van der Waals surface area contributed by atoms with Crippen LogP contribution in [0.2, 0.25) is 0 Å². The van der Waals surface area contributed by atoms with E-state index in [1.807, 2.05) is 19.1 Å². The maximum atomic E-state index is 8.46. The van der Waals surface area contributed by atoms with Crippen molar-refractivity contribution < 1.29 is 0 Å². The fourth-order valence-electron chi connectivity index (χ4n) is 0.999. The first-order valence-corrected chi connectivity index (χ1v) is 5.22. The molecule has 1 heterocycles. The van der Waals surface area contributed by atoms with Crippen molar-refractivity contribution in [3.05, 3.63) is 28.5 Å². The van der Waals surface area contributed by atoms with Gasteiger partial charge in [-0.2, -0.15) is 5.26 Å². The highest BCUT2D eigenvalue weighted by molar-refractivity contribution is 9.10. The quantitative estimate of drug-likeness (QED) is 0.896. The van der Waals surface area contributed by atoms with Gasteiger partial charge in [-0.1, -0.05) is 0 Å². The molecule has 1 atom stereocenters. The number of halogens is 1. The molecule has 0 spiro atoms. The molecule has 0 amide bonds. The van der Waals surface area contributed by atoms with Crippen molar-refractivity contribution in [3.8, 4) is 6.07 Å². The third-order valence-electron chi connectivity index (χ3n) is 1.82. The number of rotatable bonds is 4. The molecule has 4 heteroatoms. The van der Waals surface area contributed by atoms with Crippen LogP contribution in [0.25, 0.3) is 0 Å². The third-order valence-corrected chi connectivity index (χ3v) is 2.29. The molecule has 1 aromatic rings. The van der Waals surface area contributed by atoms with Gasteiger partial charge in [-0.25, -0.2) is 0 Å². The van der Waals surface area contributed by atoms with Crippen LogP contribution >= 0.6 is 15.9 Å².